The van der Waals surface area contributed by atoms with E-state index in [1.165, 1.54) is 6.20 Å². The van der Waals surface area contributed by atoms with E-state index >= 15 is 0 Å². The highest BCUT2D eigenvalue weighted by molar-refractivity contribution is 5.95. The van der Waals surface area contributed by atoms with Crippen LogP contribution in [0.2, 0.25) is 0 Å². The van der Waals surface area contributed by atoms with Crippen LogP contribution < -0.4 is 16.6 Å². The topological polar surface area (TPSA) is 138 Å². The molecule has 0 spiro atoms. The first kappa shape index (κ1) is 25.1. The van der Waals surface area contributed by atoms with E-state index in [4.69, 9.17) is 5.73 Å². The summed E-state index contributed by atoms with van der Waals surface area (Å²) in [6.45, 7) is 3.11. The second-order valence-corrected chi connectivity index (χ2v) is 9.41. The molecule has 2 aromatic heterocycles. The zero-order chi connectivity index (χ0) is 25.8. The van der Waals surface area contributed by atoms with Crippen molar-refractivity contribution in [2.75, 3.05) is 20.1 Å². The standard InChI is InChI=1S/C27H31N5O4/c1-16-12-23(33)31-22-6-5-18(14-20(16)22)15-24(34)32-10-7-17(8-11-32)13-21(27(36)29-2)19-4-3-9-30-25(19)26(28)35/h3-6,9,12,14,17,21H,7-8,10-11,13,15H2,1-2H3,(H2,28,35)(H,29,36)(H,31,33). The molecule has 1 saturated heterocycles. The van der Waals surface area contributed by atoms with E-state index in [1.54, 1.807) is 25.2 Å². The summed E-state index contributed by atoms with van der Waals surface area (Å²) in [6.07, 6.45) is 3.87. The lowest BCUT2D eigenvalue weighted by atomic mass is 9.82. The van der Waals surface area contributed by atoms with E-state index < -0.39 is 11.8 Å². The number of piperidine rings is 1. The molecule has 4 rings (SSSR count). The number of aromatic nitrogens is 2. The Kier molecular flexibility index (Phi) is 7.47. The number of hydrogen-bond acceptors (Lipinski definition) is 5. The molecule has 4 N–H and O–H groups in total. The van der Waals surface area contributed by atoms with Gasteiger partial charge in [0, 0.05) is 43.3 Å². The zero-order valence-electron chi connectivity index (χ0n) is 20.5. The van der Waals surface area contributed by atoms with Gasteiger partial charge < -0.3 is 20.9 Å². The zero-order valence-corrected chi connectivity index (χ0v) is 20.5. The number of primary amides is 1. The fourth-order valence-corrected chi connectivity index (χ4v) is 5.07. The van der Waals surface area contributed by atoms with Gasteiger partial charge >= 0.3 is 0 Å². The van der Waals surface area contributed by atoms with Crippen LogP contribution >= 0.6 is 0 Å². The Morgan fingerprint density at radius 3 is 2.64 bits per heavy atom. The predicted molar refractivity (Wildman–Crippen MR) is 136 cm³/mol. The lowest BCUT2D eigenvalue weighted by molar-refractivity contribution is -0.132. The Morgan fingerprint density at radius 2 is 1.94 bits per heavy atom. The van der Waals surface area contributed by atoms with Gasteiger partial charge in [-0.05, 0) is 67.0 Å². The van der Waals surface area contributed by atoms with Gasteiger partial charge in [0.1, 0.15) is 5.69 Å². The third kappa shape index (κ3) is 5.45. The molecule has 9 nitrogen and oxygen atoms in total. The molecule has 1 aromatic carbocycles. The molecule has 36 heavy (non-hydrogen) atoms. The van der Waals surface area contributed by atoms with Crippen LogP contribution in [0, 0.1) is 12.8 Å². The van der Waals surface area contributed by atoms with Gasteiger partial charge in [0.25, 0.3) is 5.91 Å². The molecule has 3 amide bonds. The van der Waals surface area contributed by atoms with Crippen molar-refractivity contribution in [3.8, 4) is 0 Å². The number of nitrogens with one attached hydrogen (secondary N) is 2. The highest BCUT2D eigenvalue weighted by atomic mass is 16.2. The maximum absolute atomic E-state index is 13.0. The van der Waals surface area contributed by atoms with Crippen LogP contribution in [0.4, 0.5) is 0 Å². The molecular formula is C27H31N5O4. The summed E-state index contributed by atoms with van der Waals surface area (Å²) in [4.78, 5) is 58.0. The van der Waals surface area contributed by atoms with E-state index in [-0.39, 0.29) is 35.4 Å². The average Bonchev–Trinajstić information content (AvgIpc) is 2.87. The SMILES string of the molecule is CNC(=O)C(CC1CCN(C(=O)Cc2ccc3[nH]c(=O)cc(C)c3c2)CC1)c1cccnc1C(N)=O. The molecule has 0 saturated carbocycles. The number of likely N-dealkylation sites (N-methyl/N-ethyl adjacent to an activating group) is 1. The quantitative estimate of drug-likeness (QED) is 0.466. The number of nitrogens with two attached hydrogens (primary N) is 1. The summed E-state index contributed by atoms with van der Waals surface area (Å²) >= 11 is 0. The van der Waals surface area contributed by atoms with Crippen LogP contribution in [0.3, 0.4) is 0 Å². The maximum Gasteiger partial charge on any atom is 0.267 e. The van der Waals surface area contributed by atoms with Gasteiger partial charge in [-0.15, -0.1) is 0 Å². The van der Waals surface area contributed by atoms with Gasteiger partial charge in [-0.1, -0.05) is 12.1 Å². The van der Waals surface area contributed by atoms with Crippen LogP contribution in [0.5, 0.6) is 0 Å². The molecule has 9 heteroatoms. The van der Waals surface area contributed by atoms with Crippen molar-refractivity contribution in [2.45, 2.75) is 38.5 Å². The number of amides is 3. The molecule has 3 heterocycles. The maximum atomic E-state index is 13.0. The molecule has 0 radical (unpaired) electrons. The van der Waals surface area contributed by atoms with E-state index in [0.717, 1.165) is 34.9 Å². The normalized spacial score (nSPS) is 15.0. The van der Waals surface area contributed by atoms with Crippen LogP contribution in [0.25, 0.3) is 10.9 Å². The van der Waals surface area contributed by atoms with Gasteiger partial charge in [-0.2, -0.15) is 0 Å². The van der Waals surface area contributed by atoms with Crippen LogP contribution in [-0.2, 0) is 16.0 Å². The minimum Gasteiger partial charge on any atom is -0.364 e. The fourth-order valence-electron chi connectivity index (χ4n) is 5.07. The Labute approximate surface area is 209 Å². The largest absolute Gasteiger partial charge is 0.364 e. The van der Waals surface area contributed by atoms with Crippen molar-refractivity contribution in [3.63, 3.8) is 0 Å². The number of rotatable bonds is 7. The molecule has 1 unspecified atom stereocenters. The van der Waals surface area contributed by atoms with Gasteiger partial charge in [-0.3, -0.25) is 24.2 Å². The Hall–Kier alpha value is -4.01. The third-order valence-electron chi connectivity index (χ3n) is 7.02. The van der Waals surface area contributed by atoms with E-state index in [2.05, 4.69) is 15.3 Å². The van der Waals surface area contributed by atoms with Gasteiger partial charge in [0.2, 0.25) is 17.4 Å². The monoisotopic (exact) mass is 489 g/mol. The number of nitrogens with zero attached hydrogens (tertiary/aromatic N) is 2. The number of aryl methyl sites for hydroxylation is 1. The molecular weight excluding hydrogens is 458 g/mol. The number of hydrogen-bond donors (Lipinski definition) is 3. The minimum absolute atomic E-state index is 0.0565. The molecule has 0 aliphatic carbocycles. The number of likely N-dealkylation sites (tertiary alicyclic amines) is 1. The highest BCUT2D eigenvalue weighted by Gasteiger charge is 2.30. The van der Waals surface area contributed by atoms with E-state index in [0.29, 0.717) is 25.1 Å². The summed E-state index contributed by atoms with van der Waals surface area (Å²) in [5.74, 6) is -1.10. The summed E-state index contributed by atoms with van der Waals surface area (Å²) in [6, 6.07) is 10.7. The average molecular weight is 490 g/mol. The summed E-state index contributed by atoms with van der Waals surface area (Å²) in [5, 5.41) is 3.63. The number of benzene rings is 1. The third-order valence-corrected chi connectivity index (χ3v) is 7.02. The first-order valence-electron chi connectivity index (χ1n) is 12.1. The van der Waals surface area contributed by atoms with Crippen molar-refractivity contribution in [3.05, 3.63) is 75.3 Å². The molecule has 1 aliphatic heterocycles. The molecule has 3 aromatic rings. The molecule has 1 fully saturated rings. The van der Waals surface area contributed by atoms with Gasteiger partial charge in [0.05, 0.1) is 12.3 Å². The van der Waals surface area contributed by atoms with Crippen molar-refractivity contribution in [1.29, 1.82) is 0 Å². The number of carbonyl (C=O) groups excluding carboxylic acids is 3. The number of fused-ring (bicyclic) bond motifs is 1. The minimum atomic E-state index is -0.657. The summed E-state index contributed by atoms with van der Waals surface area (Å²) < 4.78 is 0. The van der Waals surface area contributed by atoms with E-state index in [9.17, 15) is 19.2 Å². The molecule has 188 valence electrons. The summed E-state index contributed by atoms with van der Waals surface area (Å²) in [7, 11) is 1.57. The summed E-state index contributed by atoms with van der Waals surface area (Å²) in [5.41, 5.74) is 8.55. The second-order valence-electron chi connectivity index (χ2n) is 9.41. The number of carbonyl (C=O) groups is 3. The van der Waals surface area contributed by atoms with Crippen LogP contribution in [-0.4, -0.2) is 52.7 Å². The highest BCUT2D eigenvalue weighted by Crippen LogP contribution is 2.31. The second kappa shape index (κ2) is 10.7. The van der Waals surface area contributed by atoms with E-state index in [1.807, 2.05) is 30.0 Å². The molecule has 1 aliphatic rings. The smallest absolute Gasteiger partial charge is 0.267 e. The van der Waals surface area contributed by atoms with Crippen molar-refractivity contribution in [2.24, 2.45) is 11.7 Å². The van der Waals surface area contributed by atoms with Crippen molar-refractivity contribution < 1.29 is 14.4 Å². The Balaban J connectivity index is 1.40. The first-order chi connectivity index (χ1) is 17.3. The predicted octanol–water partition coefficient (Wildman–Crippen LogP) is 2.03. The van der Waals surface area contributed by atoms with Crippen molar-refractivity contribution in [1.82, 2.24) is 20.2 Å². The first-order valence-corrected chi connectivity index (χ1v) is 12.1. The van der Waals surface area contributed by atoms with Gasteiger partial charge in [0.15, 0.2) is 0 Å². The Morgan fingerprint density at radius 1 is 1.19 bits per heavy atom. The number of pyridine rings is 2. The molecule has 0 bridgehead atoms. The fraction of sp³-hybridized carbons (Fsp3) is 0.370. The Bertz CT molecular complexity index is 1360. The van der Waals surface area contributed by atoms with Crippen LogP contribution in [0.15, 0.2) is 47.4 Å². The molecule has 1 atom stereocenters. The van der Waals surface area contributed by atoms with Crippen molar-refractivity contribution >= 4 is 28.6 Å². The van der Waals surface area contributed by atoms with Gasteiger partial charge in [-0.25, -0.2) is 0 Å². The lowest BCUT2D eigenvalue weighted by Gasteiger charge is -2.33. The lowest BCUT2D eigenvalue weighted by Crippen LogP contribution is -2.40. The number of H-pyrrole nitrogens is 1. The number of aromatic amines is 1. The van der Waals surface area contributed by atoms with Crippen LogP contribution in [0.1, 0.15) is 52.4 Å².